The highest BCUT2D eigenvalue weighted by Gasteiger charge is 2.18. The Hall–Kier alpha value is -1.24. The summed E-state index contributed by atoms with van der Waals surface area (Å²) in [5.74, 6) is -0.659. The summed E-state index contributed by atoms with van der Waals surface area (Å²) in [4.78, 5) is 0. The Labute approximate surface area is 124 Å². The number of hydrogen-bond donors (Lipinski definition) is 0. The van der Waals surface area contributed by atoms with Crippen molar-refractivity contribution in [3.63, 3.8) is 0 Å². The van der Waals surface area contributed by atoms with Crippen molar-refractivity contribution >= 4 is 23.2 Å². The van der Waals surface area contributed by atoms with E-state index in [1.165, 1.54) is 7.11 Å². The van der Waals surface area contributed by atoms with Crippen LogP contribution in [0.25, 0.3) is 11.4 Å². The average molecular weight is 322 g/mol. The van der Waals surface area contributed by atoms with Gasteiger partial charge in [0.25, 0.3) is 0 Å². The zero-order chi connectivity index (χ0) is 14.7. The molecule has 0 bridgehead atoms. The first-order valence-electron chi connectivity index (χ1n) is 5.70. The Morgan fingerprint density at radius 1 is 1.25 bits per heavy atom. The first kappa shape index (κ1) is 15.2. The third kappa shape index (κ3) is 2.92. The van der Waals surface area contributed by atoms with Crippen LogP contribution in [-0.4, -0.2) is 28.5 Å². The van der Waals surface area contributed by atoms with Gasteiger partial charge in [-0.25, -0.2) is 8.78 Å². The molecule has 0 saturated carbocycles. The van der Waals surface area contributed by atoms with Crippen LogP contribution < -0.4 is 0 Å². The predicted molar refractivity (Wildman–Crippen MR) is 71.8 cm³/mol. The Balaban J connectivity index is 2.52. The molecule has 0 fully saturated rings. The number of hydrogen-bond acceptors (Lipinski definition) is 3. The molecule has 0 saturated heterocycles. The minimum Gasteiger partial charge on any atom is -0.383 e. The van der Waals surface area contributed by atoms with Gasteiger partial charge in [0, 0.05) is 13.7 Å². The van der Waals surface area contributed by atoms with Crippen molar-refractivity contribution in [2.75, 3.05) is 13.7 Å². The molecule has 1 heterocycles. The number of alkyl halides is 1. The third-order valence-corrected chi connectivity index (χ3v) is 3.25. The molecular weight excluding hydrogens is 311 g/mol. The molecule has 2 rings (SSSR count). The fraction of sp³-hybridized carbons (Fsp3) is 0.333. The second kappa shape index (κ2) is 6.47. The molecule has 1 aromatic carbocycles. The van der Waals surface area contributed by atoms with Gasteiger partial charge in [0.15, 0.2) is 5.82 Å². The van der Waals surface area contributed by atoms with Gasteiger partial charge in [-0.3, -0.25) is 0 Å². The van der Waals surface area contributed by atoms with Crippen LogP contribution in [0.15, 0.2) is 12.1 Å². The summed E-state index contributed by atoms with van der Waals surface area (Å²) in [6, 6.07) is 1.89. The zero-order valence-electron chi connectivity index (χ0n) is 10.5. The summed E-state index contributed by atoms with van der Waals surface area (Å²) in [6.07, 6.45) is 0. The van der Waals surface area contributed by atoms with Crippen molar-refractivity contribution in [1.82, 2.24) is 14.8 Å². The number of aromatic nitrogens is 3. The summed E-state index contributed by atoms with van der Waals surface area (Å²) < 4.78 is 34.0. The lowest BCUT2D eigenvalue weighted by molar-refractivity contribution is 0.187. The molecule has 0 aliphatic carbocycles. The van der Waals surface area contributed by atoms with Gasteiger partial charge in [-0.1, -0.05) is 11.6 Å². The maximum absolute atomic E-state index is 13.9. The Kier molecular flexibility index (Phi) is 4.91. The lowest BCUT2D eigenvalue weighted by Gasteiger charge is -2.09. The van der Waals surface area contributed by atoms with Crippen LogP contribution in [0.4, 0.5) is 8.78 Å². The summed E-state index contributed by atoms with van der Waals surface area (Å²) in [5.41, 5.74) is -0.0214. The van der Waals surface area contributed by atoms with Crippen LogP contribution in [0.1, 0.15) is 5.82 Å². The number of methoxy groups -OCH3 is 1. The molecule has 0 unspecified atom stereocenters. The van der Waals surface area contributed by atoms with Gasteiger partial charge < -0.3 is 9.30 Å². The molecule has 2 aromatic rings. The van der Waals surface area contributed by atoms with Gasteiger partial charge in [0.1, 0.15) is 17.5 Å². The van der Waals surface area contributed by atoms with Gasteiger partial charge in [-0.15, -0.1) is 21.8 Å². The molecule has 0 atom stereocenters. The quantitative estimate of drug-likeness (QED) is 0.627. The zero-order valence-corrected chi connectivity index (χ0v) is 12.0. The topological polar surface area (TPSA) is 39.9 Å². The minimum absolute atomic E-state index is 0.0214. The van der Waals surface area contributed by atoms with Gasteiger partial charge in [0.05, 0.1) is 23.1 Å². The Bertz CT molecular complexity index is 619. The maximum atomic E-state index is 13.9. The van der Waals surface area contributed by atoms with E-state index < -0.39 is 11.6 Å². The highest BCUT2D eigenvalue weighted by molar-refractivity contribution is 6.30. The first-order valence-corrected chi connectivity index (χ1v) is 6.61. The van der Waals surface area contributed by atoms with E-state index in [2.05, 4.69) is 10.2 Å². The van der Waals surface area contributed by atoms with E-state index in [-0.39, 0.29) is 22.3 Å². The molecule has 0 amide bonds. The van der Waals surface area contributed by atoms with E-state index >= 15 is 0 Å². The fourth-order valence-electron chi connectivity index (χ4n) is 1.74. The lowest BCUT2D eigenvalue weighted by atomic mass is 10.2. The molecule has 0 aliphatic heterocycles. The van der Waals surface area contributed by atoms with Gasteiger partial charge >= 0.3 is 0 Å². The molecule has 0 radical (unpaired) electrons. The van der Waals surface area contributed by atoms with E-state index in [1.807, 2.05) is 0 Å². The molecule has 0 N–H and O–H groups in total. The Morgan fingerprint density at radius 3 is 2.65 bits per heavy atom. The summed E-state index contributed by atoms with van der Waals surface area (Å²) in [5, 5.41) is 7.44. The SMILES string of the molecule is COCCn1c(CCl)nnc1-c1cc(F)c(Cl)cc1F. The normalized spacial score (nSPS) is 11.1. The second-order valence-corrected chi connectivity index (χ2v) is 4.64. The maximum Gasteiger partial charge on any atom is 0.167 e. The predicted octanol–water partition coefficient (Wildman–Crippen LogP) is 3.26. The van der Waals surface area contributed by atoms with Crippen molar-refractivity contribution < 1.29 is 13.5 Å². The average Bonchev–Trinajstić information content (AvgIpc) is 2.83. The van der Waals surface area contributed by atoms with Crippen molar-refractivity contribution in [1.29, 1.82) is 0 Å². The van der Waals surface area contributed by atoms with E-state index in [4.69, 9.17) is 27.9 Å². The fourth-order valence-corrected chi connectivity index (χ4v) is 2.09. The Morgan fingerprint density at radius 2 is 2.00 bits per heavy atom. The summed E-state index contributed by atoms with van der Waals surface area (Å²) in [7, 11) is 1.53. The molecule has 0 spiro atoms. The lowest BCUT2D eigenvalue weighted by Crippen LogP contribution is -2.09. The van der Waals surface area contributed by atoms with E-state index in [1.54, 1.807) is 4.57 Å². The number of halogens is 4. The number of ether oxygens (including phenoxy) is 1. The van der Waals surface area contributed by atoms with Crippen LogP contribution in [0.3, 0.4) is 0 Å². The second-order valence-electron chi connectivity index (χ2n) is 3.96. The number of nitrogens with zero attached hydrogens (tertiary/aromatic N) is 3. The highest BCUT2D eigenvalue weighted by Crippen LogP contribution is 2.27. The molecular formula is C12H11Cl2F2N3O. The first-order chi connectivity index (χ1) is 9.58. The molecule has 108 valence electrons. The van der Waals surface area contributed by atoms with Crippen LogP contribution in [-0.2, 0) is 17.2 Å². The van der Waals surface area contributed by atoms with Gasteiger partial charge in [-0.2, -0.15) is 0 Å². The van der Waals surface area contributed by atoms with Crippen molar-refractivity contribution in [3.05, 3.63) is 34.6 Å². The highest BCUT2D eigenvalue weighted by atomic mass is 35.5. The van der Waals surface area contributed by atoms with Crippen LogP contribution >= 0.6 is 23.2 Å². The van der Waals surface area contributed by atoms with Crippen LogP contribution in [0.5, 0.6) is 0 Å². The van der Waals surface area contributed by atoms with Crippen molar-refractivity contribution in [2.45, 2.75) is 12.4 Å². The summed E-state index contributed by atoms with van der Waals surface area (Å²) in [6.45, 7) is 0.747. The molecule has 20 heavy (non-hydrogen) atoms. The van der Waals surface area contributed by atoms with E-state index in [9.17, 15) is 8.78 Å². The molecule has 1 aromatic heterocycles. The van der Waals surface area contributed by atoms with Crippen molar-refractivity contribution in [3.8, 4) is 11.4 Å². The van der Waals surface area contributed by atoms with Gasteiger partial charge in [0.2, 0.25) is 0 Å². The smallest absolute Gasteiger partial charge is 0.167 e. The van der Waals surface area contributed by atoms with E-state index in [0.29, 0.717) is 19.0 Å². The van der Waals surface area contributed by atoms with E-state index in [0.717, 1.165) is 12.1 Å². The molecule has 0 aliphatic rings. The largest absolute Gasteiger partial charge is 0.383 e. The summed E-state index contributed by atoms with van der Waals surface area (Å²) >= 11 is 11.3. The minimum atomic E-state index is -0.725. The molecule has 4 nitrogen and oxygen atoms in total. The van der Waals surface area contributed by atoms with Gasteiger partial charge in [-0.05, 0) is 12.1 Å². The monoisotopic (exact) mass is 321 g/mol. The van der Waals surface area contributed by atoms with Crippen LogP contribution in [0.2, 0.25) is 5.02 Å². The molecule has 8 heteroatoms. The standard InChI is InChI=1S/C12H11Cl2F2N3O/c1-20-3-2-19-11(6-13)17-18-12(19)7-4-10(16)8(14)5-9(7)15/h4-5H,2-3,6H2,1H3. The van der Waals surface area contributed by atoms with Crippen molar-refractivity contribution in [2.24, 2.45) is 0 Å². The number of rotatable bonds is 5. The number of benzene rings is 1. The van der Waals surface area contributed by atoms with Crippen LogP contribution in [0, 0.1) is 11.6 Å². The third-order valence-electron chi connectivity index (χ3n) is 2.72.